The van der Waals surface area contributed by atoms with E-state index >= 15 is 0 Å². The monoisotopic (exact) mass is 295 g/mol. The SMILES string of the molecule is COc1cc2c(cc1NC(=O)c1ccccc1)CCCCC2. The normalized spacial score (nSPS) is 13.9. The standard InChI is InChI=1S/C19H21NO2/c1-22-18-13-16-11-7-3-6-10-15(16)12-17(18)20-19(21)14-8-4-2-5-9-14/h2,4-5,8-9,12-13H,3,6-7,10-11H2,1H3,(H,20,21). The van der Waals surface area contributed by atoms with E-state index in [9.17, 15) is 4.79 Å². The fourth-order valence-electron chi connectivity index (χ4n) is 2.99. The van der Waals surface area contributed by atoms with Gasteiger partial charge >= 0.3 is 0 Å². The summed E-state index contributed by atoms with van der Waals surface area (Å²) in [5.41, 5.74) is 4.10. The predicted molar refractivity (Wildman–Crippen MR) is 88.6 cm³/mol. The molecule has 22 heavy (non-hydrogen) atoms. The molecule has 0 spiro atoms. The highest BCUT2D eigenvalue weighted by molar-refractivity contribution is 6.05. The molecule has 3 rings (SSSR count). The Labute approximate surface area is 131 Å². The molecule has 0 saturated carbocycles. The number of benzene rings is 2. The largest absolute Gasteiger partial charge is 0.495 e. The van der Waals surface area contributed by atoms with Crippen molar-refractivity contribution in [3.05, 3.63) is 59.2 Å². The van der Waals surface area contributed by atoms with Crippen LogP contribution in [0.15, 0.2) is 42.5 Å². The first kappa shape index (κ1) is 14.6. The molecule has 2 aromatic carbocycles. The summed E-state index contributed by atoms with van der Waals surface area (Å²) in [5.74, 6) is 0.636. The molecule has 1 aliphatic rings. The lowest BCUT2D eigenvalue weighted by atomic mass is 10.0. The van der Waals surface area contributed by atoms with Crippen LogP contribution in [-0.4, -0.2) is 13.0 Å². The summed E-state index contributed by atoms with van der Waals surface area (Å²) < 4.78 is 5.47. The van der Waals surface area contributed by atoms with Crippen molar-refractivity contribution >= 4 is 11.6 Å². The van der Waals surface area contributed by atoms with E-state index in [2.05, 4.69) is 17.4 Å². The van der Waals surface area contributed by atoms with Crippen LogP contribution in [0.5, 0.6) is 5.75 Å². The highest BCUT2D eigenvalue weighted by Crippen LogP contribution is 2.32. The van der Waals surface area contributed by atoms with Gasteiger partial charge in [0.2, 0.25) is 0 Å². The van der Waals surface area contributed by atoms with Gasteiger partial charge in [-0.1, -0.05) is 24.6 Å². The van der Waals surface area contributed by atoms with Crippen molar-refractivity contribution in [1.29, 1.82) is 0 Å². The molecule has 0 fully saturated rings. The van der Waals surface area contributed by atoms with Gasteiger partial charge in [-0.2, -0.15) is 0 Å². The minimum absolute atomic E-state index is 0.104. The summed E-state index contributed by atoms with van der Waals surface area (Å²) in [6.45, 7) is 0. The molecular formula is C19H21NO2. The van der Waals surface area contributed by atoms with Gasteiger partial charge < -0.3 is 10.1 Å². The summed E-state index contributed by atoms with van der Waals surface area (Å²) in [5, 5.41) is 2.98. The van der Waals surface area contributed by atoms with E-state index in [-0.39, 0.29) is 5.91 Å². The number of carbonyl (C=O) groups is 1. The zero-order valence-electron chi connectivity index (χ0n) is 12.9. The Morgan fingerprint density at radius 1 is 1.00 bits per heavy atom. The van der Waals surface area contributed by atoms with E-state index in [1.165, 1.54) is 30.4 Å². The number of carbonyl (C=O) groups excluding carboxylic acids is 1. The average Bonchev–Trinajstić information content (AvgIpc) is 2.79. The number of anilines is 1. The minimum atomic E-state index is -0.104. The molecule has 1 amide bonds. The number of aryl methyl sites for hydroxylation is 2. The van der Waals surface area contributed by atoms with Gasteiger partial charge in [0, 0.05) is 5.56 Å². The number of methoxy groups -OCH3 is 1. The van der Waals surface area contributed by atoms with Crippen molar-refractivity contribution < 1.29 is 9.53 Å². The van der Waals surface area contributed by atoms with Crippen LogP contribution in [0.1, 0.15) is 40.7 Å². The molecule has 114 valence electrons. The third-order valence-corrected chi connectivity index (χ3v) is 4.20. The second-order valence-electron chi connectivity index (χ2n) is 5.70. The molecule has 0 aliphatic heterocycles. The number of nitrogens with one attached hydrogen (secondary N) is 1. The number of hydrogen-bond donors (Lipinski definition) is 1. The minimum Gasteiger partial charge on any atom is -0.495 e. The highest BCUT2D eigenvalue weighted by atomic mass is 16.5. The van der Waals surface area contributed by atoms with Gasteiger partial charge in [-0.15, -0.1) is 0 Å². The molecule has 0 bridgehead atoms. The lowest BCUT2D eigenvalue weighted by molar-refractivity contribution is 0.102. The lowest BCUT2D eigenvalue weighted by Crippen LogP contribution is -2.13. The third kappa shape index (κ3) is 3.14. The van der Waals surface area contributed by atoms with E-state index in [0.29, 0.717) is 5.56 Å². The number of fused-ring (bicyclic) bond motifs is 1. The van der Waals surface area contributed by atoms with Crippen LogP contribution in [0.2, 0.25) is 0 Å². The maximum absolute atomic E-state index is 12.4. The van der Waals surface area contributed by atoms with Crippen LogP contribution >= 0.6 is 0 Å². The van der Waals surface area contributed by atoms with Crippen molar-refractivity contribution in [2.45, 2.75) is 32.1 Å². The van der Waals surface area contributed by atoms with Gasteiger partial charge in [-0.25, -0.2) is 0 Å². The maximum atomic E-state index is 12.4. The maximum Gasteiger partial charge on any atom is 0.255 e. The first-order chi connectivity index (χ1) is 10.8. The number of amides is 1. The van der Waals surface area contributed by atoms with Gasteiger partial charge in [0.25, 0.3) is 5.91 Å². The Morgan fingerprint density at radius 3 is 2.36 bits per heavy atom. The second-order valence-corrected chi connectivity index (χ2v) is 5.70. The van der Waals surface area contributed by atoms with E-state index in [1.807, 2.05) is 30.3 Å². The van der Waals surface area contributed by atoms with Crippen LogP contribution in [-0.2, 0) is 12.8 Å². The van der Waals surface area contributed by atoms with E-state index in [1.54, 1.807) is 7.11 Å². The molecule has 0 saturated heterocycles. The number of hydrogen-bond acceptors (Lipinski definition) is 2. The molecule has 1 N–H and O–H groups in total. The fraction of sp³-hybridized carbons (Fsp3) is 0.316. The van der Waals surface area contributed by atoms with Crippen molar-refractivity contribution in [3.8, 4) is 5.75 Å². The summed E-state index contributed by atoms with van der Waals surface area (Å²) in [6.07, 6.45) is 5.88. The average molecular weight is 295 g/mol. The molecule has 0 heterocycles. The topological polar surface area (TPSA) is 38.3 Å². The Balaban J connectivity index is 1.89. The Bertz CT molecular complexity index is 665. The smallest absolute Gasteiger partial charge is 0.255 e. The summed E-state index contributed by atoms with van der Waals surface area (Å²) in [4.78, 5) is 12.4. The summed E-state index contributed by atoms with van der Waals surface area (Å²) in [6, 6.07) is 13.4. The highest BCUT2D eigenvalue weighted by Gasteiger charge is 2.15. The third-order valence-electron chi connectivity index (χ3n) is 4.20. The molecular weight excluding hydrogens is 274 g/mol. The Kier molecular flexibility index (Phi) is 4.42. The number of rotatable bonds is 3. The van der Waals surface area contributed by atoms with Crippen LogP contribution < -0.4 is 10.1 Å². The van der Waals surface area contributed by atoms with Crippen LogP contribution in [0.25, 0.3) is 0 Å². The lowest BCUT2D eigenvalue weighted by Gasteiger charge is -2.15. The molecule has 3 nitrogen and oxygen atoms in total. The van der Waals surface area contributed by atoms with E-state index < -0.39 is 0 Å². The summed E-state index contributed by atoms with van der Waals surface area (Å²) in [7, 11) is 1.65. The van der Waals surface area contributed by atoms with Crippen molar-refractivity contribution in [2.75, 3.05) is 12.4 Å². The van der Waals surface area contributed by atoms with Gasteiger partial charge in [0.05, 0.1) is 12.8 Å². The van der Waals surface area contributed by atoms with E-state index in [0.717, 1.165) is 24.3 Å². The molecule has 0 atom stereocenters. The zero-order valence-corrected chi connectivity index (χ0v) is 12.9. The van der Waals surface area contributed by atoms with Crippen LogP contribution in [0.3, 0.4) is 0 Å². The number of ether oxygens (including phenoxy) is 1. The molecule has 0 radical (unpaired) electrons. The first-order valence-electron chi connectivity index (χ1n) is 7.84. The van der Waals surface area contributed by atoms with Gasteiger partial charge in [-0.05, 0) is 61.1 Å². The van der Waals surface area contributed by atoms with Crippen molar-refractivity contribution in [3.63, 3.8) is 0 Å². The van der Waals surface area contributed by atoms with Gasteiger partial charge in [0.1, 0.15) is 5.75 Å². The van der Waals surface area contributed by atoms with E-state index in [4.69, 9.17) is 4.74 Å². The van der Waals surface area contributed by atoms with Crippen LogP contribution in [0.4, 0.5) is 5.69 Å². The van der Waals surface area contributed by atoms with Gasteiger partial charge in [-0.3, -0.25) is 4.79 Å². The van der Waals surface area contributed by atoms with Crippen molar-refractivity contribution in [2.24, 2.45) is 0 Å². The molecule has 0 aromatic heterocycles. The predicted octanol–water partition coefficient (Wildman–Crippen LogP) is 4.22. The molecule has 1 aliphatic carbocycles. The summed E-state index contributed by atoms with van der Waals surface area (Å²) >= 11 is 0. The molecule has 2 aromatic rings. The zero-order chi connectivity index (χ0) is 15.4. The van der Waals surface area contributed by atoms with Crippen LogP contribution in [0, 0.1) is 0 Å². The molecule has 3 heteroatoms. The molecule has 0 unspecified atom stereocenters. The van der Waals surface area contributed by atoms with Crippen molar-refractivity contribution in [1.82, 2.24) is 0 Å². The quantitative estimate of drug-likeness (QED) is 0.861. The second kappa shape index (κ2) is 6.65. The first-order valence-corrected chi connectivity index (χ1v) is 7.84. The Morgan fingerprint density at radius 2 is 1.68 bits per heavy atom. The fourth-order valence-corrected chi connectivity index (χ4v) is 2.99. The Hall–Kier alpha value is -2.29. The van der Waals surface area contributed by atoms with Gasteiger partial charge in [0.15, 0.2) is 0 Å².